The molecule has 1 rings (SSSR count). The molecule has 0 atom stereocenters. The first-order valence-electron chi connectivity index (χ1n) is 6.25. The van der Waals surface area contributed by atoms with Gasteiger partial charge in [0.1, 0.15) is 0 Å². The summed E-state index contributed by atoms with van der Waals surface area (Å²) in [6, 6.07) is 0.864. The van der Waals surface area contributed by atoms with Gasteiger partial charge in [-0.05, 0) is 32.9 Å². The van der Waals surface area contributed by atoms with Crippen molar-refractivity contribution in [1.82, 2.24) is 10.2 Å². The van der Waals surface area contributed by atoms with E-state index in [1.807, 2.05) is 0 Å². The molecule has 0 aromatic carbocycles. The highest BCUT2D eigenvalue weighted by molar-refractivity contribution is 4.80. The number of rotatable bonds is 9. The van der Waals surface area contributed by atoms with E-state index in [0.717, 1.165) is 6.04 Å². The van der Waals surface area contributed by atoms with Crippen LogP contribution in [0.4, 0.5) is 0 Å². The van der Waals surface area contributed by atoms with Gasteiger partial charge in [0.05, 0.1) is 0 Å². The van der Waals surface area contributed by atoms with Crippen molar-refractivity contribution in [2.24, 2.45) is 0 Å². The summed E-state index contributed by atoms with van der Waals surface area (Å²) in [5, 5.41) is 3.55. The summed E-state index contributed by atoms with van der Waals surface area (Å²) in [4.78, 5) is 2.45. The molecule has 1 N–H and O–H groups in total. The zero-order valence-electron chi connectivity index (χ0n) is 9.89. The van der Waals surface area contributed by atoms with Crippen LogP contribution in [0.3, 0.4) is 0 Å². The predicted molar refractivity (Wildman–Crippen MR) is 62.7 cm³/mol. The number of likely N-dealkylation sites (N-methyl/N-ethyl adjacent to an activating group) is 1. The molecule has 0 saturated heterocycles. The quantitative estimate of drug-likeness (QED) is 0.572. The van der Waals surface area contributed by atoms with Crippen LogP contribution in [-0.2, 0) is 0 Å². The zero-order chi connectivity index (χ0) is 10.2. The molecule has 0 spiro atoms. The smallest absolute Gasteiger partial charge is 0.0104 e. The third-order valence-electron chi connectivity index (χ3n) is 2.90. The first kappa shape index (κ1) is 12.0. The number of hydrogen-bond acceptors (Lipinski definition) is 2. The van der Waals surface area contributed by atoms with E-state index in [9.17, 15) is 0 Å². The maximum Gasteiger partial charge on any atom is 0.0104 e. The van der Waals surface area contributed by atoms with Crippen LogP contribution in [0.2, 0.25) is 0 Å². The second-order valence-electron chi connectivity index (χ2n) is 4.59. The van der Waals surface area contributed by atoms with Gasteiger partial charge in [-0.1, -0.05) is 26.2 Å². The van der Waals surface area contributed by atoms with Crippen molar-refractivity contribution < 1.29 is 0 Å². The lowest BCUT2D eigenvalue weighted by Gasteiger charge is -2.16. The lowest BCUT2D eigenvalue weighted by molar-refractivity contribution is 0.322. The number of hydrogen-bond donors (Lipinski definition) is 1. The fraction of sp³-hybridized carbons (Fsp3) is 1.00. The summed E-state index contributed by atoms with van der Waals surface area (Å²) in [5.41, 5.74) is 0. The highest BCUT2D eigenvalue weighted by atomic mass is 15.1. The predicted octanol–water partition coefficient (Wildman–Crippen LogP) is 2.25. The second-order valence-corrected chi connectivity index (χ2v) is 4.59. The summed E-state index contributed by atoms with van der Waals surface area (Å²) in [6.45, 7) is 5.92. The Balaban J connectivity index is 1.79. The first-order chi connectivity index (χ1) is 6.83. The van der Waals surface area contributed by atoms with Crippen LogP contribution >= 0.6 is 0 Å². The van der Waals surface area contributed by atoms with Gasteiger partial charge in [0.25, 0.3) is 0 Å². The van der Waals surface area contributed by atoms with Gasteiger partial charge in [-0.15, -0.1) is 0 Å². The van der Waals surface area contributed by atoms with Gasteiger partial charge in [0, 0.05) is 19.1 Å². The Morgan fingerprint density at radius 1 is 1.14 bits per heavy atom. The molecule has 1 aliphatic carbocycles. The fourth-order valence-electron chi connectivity index (χ4n) is 1.67. The molecule has 0 unspecified atom stereocenters. The first-order valence-corrected chi connectivity index (χ1v) is 6.25. The van der Waals surface area contributed by atoms with E-state index >= 15 is 0 Å². The third-order valence-corrected chi connectivity index (χ3v) is 2.90. The monoisotopic (exact) mass is 198 g/mol. The minimum atomic E-state index is 0.864. The Morgan fingerprint density at radius 2 is 1.93 bits per heavy atom. The normalized spacial score (nSPS) is 16.5. The van der Waals surface area contributed by atoms with Crippen LogP contribution in [0.25, 0.3) is 0 Å². The Morgan fingerprint density at radius 3 is 2.57 bits per heavy atom. The molecule has 1 saturated carbocycles. The van der Waals surface area contributed by atoms with Gasteiger partial charge in [0.15, 0.2) is 0 Å². The largest absolute Gasteiger partial charge is 0.313 e. The van der Waals surface area contributed by atoms with Crippen LogP contribution < -0.4 is 5.32 Å². The van der Waals surface area contributed by atoms with Gasteiger partial charge >= 0.3 is 0 Å². The van der Waals surface area contributed by atoms with Gasteiger partial charge in [0.2, 0.25) is 0 Å². The van der Waals surface area contributed by atoms with Gasteiger partial charge in [-0.25, -0.2) is 0 Å². The molecule has 0 aromatic heterocycles. The van der Waals surface area contributed by atoms with Crippen LogP contribution in [0, 0.1) is 0 Å². The molecule has 1 fully saturated rings. The van der Waals surface area contributed by atoms with Crippen molar-refractivity contribution in [3.8, 4) is 0 Å². The highest BCUT2D eigenvalue weighted by Crippen LogP contribution is 2.17. The van der Waals surface area contributed by atoms with Crippen molar-refractivity contribution in [2.45, 2.75) is 51.5 Å². The van der Waals surface area contributed by atoms with Crippen molar-refractivity contribution in [2.75, 3.05) is 26.7 Å². The molecule has 0 amide bonds. The Bertz CT molecular complexity index is 132. The Labute approximate surface area is 89.1 Å². The van der Waals surface area contributed by atoms with Crippen LogP contribution in [0.1, 0.15) is 45.4 Å². The molecule has 0 bridgehead atoms. The molecule has 2 nitrogen and oxygen atoms in total. The Kier molecular flexibility index (Phi) is 6.20. The minimum absolute atomic E-state index is 0.864. The van der Waals surface area contributed by atoms with E-state index < -0.39 is 0 Å². The van der Waals surface area contributed by atoms with E-state index in [1.165, 1.54) is 58.2 Å². The standard InChI is InChI=1S/C12H26N2/c1-3-4-5-6-10-14(2)11-9-13-12-7-8-12/h12-13H,3-11H2,1-2H3. The molecular formula is C12H26N2. The fourth-order valence-corrected chi connectivity index (χ4v) is 1.67. The molecule has 0 radical (unpaired) electrons. The molecule has 2 heteroatoms. The molecule has 14 heavy (non-hydrogen) atoms. The van der Waals surface area contributed by atoms with Crippen molar-refractivity contribution in [1.29, 1.82) is 0 Å². The highest BCUT2D eigenvalue weighted by Gasteiger charge is 2.19. The van der Waals surface area contributed by atoms with Crippen LogP contribution in [-0.4, -0.2) is 37.6 Å². The zero-order valence-corrected chi connectivity index (χ0v) is 9.89. The maximum atomic E-state index is 3.55. The lowest BCUT2D eigenvalue weighted by Crippen LogP contribution is -2.30. The number of unbranched alkanes of at least 4 members (excludes halogenated alkanes) is 3. The van der Waals surface area contributed by atoms with E-state index in [-0.39, 0.29) is 0 Å². The lowest BCUT2D eigenvalue weighted by atomic mass is 10.2. The second kappa shape index (κ2) is 7.24. The SMILES string of the molecule is CCCCCCN(C)CCNC1CC1. The molecule has 0 aliphatic heterocycles. The number of nitrogens with zero attached hydrogens (tertiary/aromatic N) is 1. The van der Waals surface area contributed by atoms with Gasteiger partial charge < -0.3 is 10.2 Å². The van der Waals surface area contributed by atoms with Gasteiger partial charge in [-0.2, -0.15) is 0 Å². The summed E-state index contributed by atoms with van der Waals surface area (Å²) < 4.78 is 0. The topological polar surface area (TPSA) is 15.3 Å². The average molecular weight is 198 g/mol. The van der Waals surface area contributed by atoms with Crippen molar-refractivity contribution >= 4 is 0 Å². The van der Waals surface area contributed by atoms with E-state index in [4.69, 9.17) is 0 Å². The van der Waals surface area contributed by atoms with Crippen LogP contribution in [0.15, 0.2) is 0 Å². The molecule has 1 aliphatic rings. The molecule has 0 heterocycles. The van der Waals surface area contributed by atoms with E-state index in [1.54, 1.807) is 0 Å². The summed E-state index contributed by atoms with van der Waals surface area (Å²) >= 11 is 0. The molecule has 0 aromatic rings. The molecular weight excluding hydrogens is 172 g/mol. The summed E-state index contributed by atoms with van der Waals surface area (Å²) in [7, 11) is 2.24. The van der Waals surface area contributed by atoms with Crippen molar-refractivity contribution in [3.63, 3.8) is 0 Å². The Hall–Kier alpha value is -0.0800. The van der Waals surface area contributed by atoms with Crippen molar-refractivity contribution in [3.05, 3.63) is 0 Å². The molecule has 84 valence electrons. The third kappa shape index (κ3) is 6.39. The average Bonchev–Trinajstić information content (AvgIpc) is 2.96. The summed E-state index contributed by atoms with van der Waals surface area (Å²) in [6.07, 6.45) is 8.31. The minimum Gasteiger partial charge on any atom is -0.313 e. The maximum absolute atomic E-state index is 3.55. The van der Waals surface area contributed by atoms with Crippen LogP contribution in [0.5, 0.6) is 0 Å². The van der Waals surface area contributed by atoms with Gasteiger partial charge in [-0.3, -0.25) is 0 Å². The van der Waals surface area contributed by atoms with E-state index in [0.29, 0.717) is 0 Å². The van der Waals surface area contributed by atoms with E-state index in [2.05, 4.69) is 24.2 Å². The summed E-state index contributed by atoms with van der Waals surface area (Å²) in [5.74, 6) is 0. The number of nitrogens with one attached hydrogen (secondary N) is 1.